The van der Waals surface area contributed by atoms with Gasteiger partial charge >= 0.3 is 0 Å². The van der Waals surface area contributed by atoms with Crippen molar-refractivity contribution < 1.29 is 4.43 Å². The van der Waals surface area contributed by atoms with Crippen molar-refractivity contribution in [1.82, 2.24) is 9.97 Å². The first kappa shape index (κ1) is 14.4. The van der Waals surface area contributed by atoms with Gasteiger partial charge in [0.1, 0.15) is 17.1 Å². The molecule has 0 saturated heterocycles. The van der Waals surface area contributed by atoms with E-state index < -0.39 is 9.04 Å². The fraction of sp³-hybridized carbons (Fsp3) is 0.267. The summed E-state index contributed by atoms with van der Waals surface area (Å²) in [6, 6.07) is 7.84. The minimum Gasteiger partial charge on any atom is -0.546 e. The van der Waals surface area contributed by atoms with Crippen molar-refractivity contribution in [2.45, 2.75) is 26.9 Å². The Bertz CT molecular complexity index is 609. The van der Waals surface area contributed by atoms with Gasteiger partial charge in [0.2, 0.25) is 9.04 Å². The van der Waals surface area contributed by atoms with Crippen LogP contribution in [0.5, 0.6) is 5.75 Å². The lowest BCUT2D eigenvalue weighted by molar-refractivity contribution is 0.582. The summed E-state index contributed by atoms with van der Waals surface area (Å²) >= 11 is 0. The highest BCUT2D eigenvalue weighted by molar-refractivity contribution is 6.49. The van der Waals surface area contributed by atoms with Crippen molar-refractivity contribution in [2.75, 3.05) is 0 Å². The standard InChI is InChI=1S/C15H19N3OSi/c1-11-9-17-14(10-16-11)12(2)18-13-7-5-6-8-15(13)19-20(3)4/h5-10,20H,1-4H3. The zero-order valence-corrected chi connectivity index (χ0v) is 13.4. The number of aliphatic imine (C=N–C) groups is 1. The highest BCUT2D eigenvalue weighted by Crippen LogP contribution is 2.28. The fourth-order valence-corrected chi connectivity index (χ4v) is 2.43. The van der Waals surface area contributed by atoms with Crippen LogP contribution in [0.15, 0.2) is 41.7 Å². The van der Waals surface area contributed by atoms with Crippen LogP contribution in [0.2, 0.25) is 13.1 Å². The molecule has 104 valence electrons. The van der Waals surface area contributed by atoms with Gasteiger partial charge in [0.05, 0.1) is 17.6 Å². The molecule has 1 aromatic heterocycles. The number of hydrogen-bond donors (Lipinski definition) is 0. The minimum atomic E-state index is -1.15. The van der Waals surface area contributed by atoms with Crippen molar-refractivity contribution in [3.63, 3.8) is 0 Å². The molecule has 0 aliphatic heterocycles. The molecule has 0 aliphatic carbocycles. The summed E-state index contributed by atoms with van der Waals surface area (Å²) in [7, 11) is -1.15. The molecule has 0 unspecified atom stereocenters. The van der Waals surface area contributed by atoms with E-state index in [4.69, 9.17) is 4.43 Å². The van der Waals surface area contributed by atoms with Crippen LogP contribution in [-0.4, -0.2) is 24.7 Å². The lowest BCUT2D eigenvalue weighted by Crippen LogP contribution is -2.11. The van der Waals surface area contributed by atoms with Gasteiger partial charge < -0.3 is 4.43 Å². The molecule has 0 N–H and O–H groups in total. The van der Waals surface area contributed by atoms with E-state index in [2.05, 4.69) is 28.1 Å². The van der Waals surface area contributed by atoms with Gasteiger partial charge in [-0.05, 0) is 39.1 Å². The van der Waals surface area contributed by atoms with E-state index in [9.17, 15) is 0 Å². The van der Waals surface area contributed by atoms with Crippen LogP contribution in [0.1, 0.15) is 18.3 Å². The maximum atomic E-state index is 5.90. The van der Waals surface area contributed by atoms with Gasteiger partial charge in [-0.1, -0.05) is 12.1 Å². The summed E-state index contributed by atoms with van der Waals surface area (Å²) in [5.74, 6) is 0.841. The second-order valence-corrected chi connectivity index (χ2v) is 7.21. The Hall–Kier alpha value is -2.01. The molecular formula is C15H19N3OSi. The number of para-hydroxylation sites is 2. The van der Waals surface area contributed by atoms with Crippen molar-refractivity contribution in [2.24, 2.45) is 4.99 Å². The maximum absolute atomic E-state index is 5.90. The first-order valence-electron chi connectivity index (χ1n) is 6.66. The van der Waals surface area contributed by atoms with Crippen molar-refractivity contribution in [3.8, 4) is 5.75 Å². The van der Waals surface area contributed by atoms with Gasteiger partial charge in [-0.2, -0.15) is 0 Å². The Morgan fingerprint density at radius 2 is 1.90 bits per heavy atom. The van der Waals surface area contributed by atoms with E-state index in [1.807, 2.05) is 38.1 Å². The lowest BCUT2D eigenvalue weighted by Gasteiger charge is -2.12. The molecular weight excluding hydrogens is 266 g/mol. The Morgan fingerprint density at radius 3 is 2.55 bits per heavy atom. The van der Waals surface area contributed by atoms with Crippen molar-refractivity contribution in [1.29, 1.82) is 0 Å². The summed E-state index contributed by atoms with van der Waals surface area (Å²) in [6.07, 6.45) is 3.49. The molecule has 0 atom stereocenters. The predicted octanol–water partition coefficient (Wildman–Crippen LogP) is 3.29. The Kier molecular flexibility index (Phi) is 4.63. The number of aryl methyl sites for hydroxylation is 1. The summed E-state index contributed by atoms with van der Waals surface area (Å²) in [4.78, 5) is 13.2. The summed E-state index contributed by atoms with van der Waals surface area (Å²) in [5, 5.41) is 0. The van der Waals surface area contributed by atoms with Gasteiger partial charge in [-0.3, -0.25) is 9.97 Å². The molecule has 4 nitrogen and oxygen atoms in total. The molecule has 0 radical (unpaired) electrons. The molecule has 2 aromatic rings. The predicted molar refractivity (Wildman–Crippen MR) is 84.6 cm³/mol. The minimum absolute atomic E-state index is 0.784. The molecule has 0 amide bonds. The van der Waals surface area contributed by atoms with Gasteiger partial charge in [-0.25, -0.2) is 4.99 Å². The molecule has 20 heavy (non-hydrogen) atoms. The molecule has 0 saturated carbocycles. The number of hydrogen-bond acceptors (Lipinski definition) is 4. The van der Waals surface area contributed by atoms with E-state index in [1.165, 1.54) is 0 Å². The Labute approximate surface area is 121 Å². The number of aromatic nitrogens is 2. The smallest absolute Gasteiger partial charge is 0.229 e. The second-order valence-electron chi connectivity index (χ2n) is 4.87. The maximum Gasteiger partial charge on any atom is 0.229 e. The van der Waals surface area contributed by atoms with Crippen LogP contribution in [-0.2, 0) is 0 Å². The molecule has 0 aliphatic rings. The first-order chi connectivity index (χ1) is 9.56. The third-order valence-corrected chi connectivity index (χ3v) is 3.39. The second kappa shape index (κ2) is 6.43. The van der Waals surface area contributed by atoms with Gasteiger partial charge in [0, 0.05) is 6.20 Å². The van der Waals surface area contributed by atoms with Crippen LogP contribution in [0, 0.1) is 6.92 Å². The van der Waals surface area contributed by atoms with E-state index in [1.54, 1.807) is 12.4 Å². The molecule has 1 aromatic carbocycles. The fourth-order valence-electron chi connectivity index (χ4n) is 1.72. The third kappa shape index (κ3) is 3.74. The van der Waals surface area contributed by atoms with Gasteiger partial charge in [0.25, 0.3) is 0 Å². The van der Waals surface area contributed by atoms with Crippen LogP contribution < -0.4 is 4.43 Å². The molecule has 5 heteroatoms. The Morgan fingerprint density at radius 1 is 1.15 bits per heavy atom. The third-order valence-electron chi connectivity index (χ3n) is 2.67. The molecule has 1 heterocycles. The molecule has 0 fully saturated rings. The quantitative estimate of drug-likeness (QED) is 0.639. The van der Waals surface area contributed by atoms with Crippen molar-refractivity contribution in [3.05, 3.63) is 48.0 Å². The Balaban J connectivity index is 2.32. The summed E-state index contributed by atoms with van der Waals surface area (Å²) in [6.45, 7) is 8.13. The van der Waals surface area contributed by atoms with Gasteiger partial charge in [0.15, 0.2) is 0 Å². The van der Waals surface area contributed by atoms with E-state index in [0.29, 0.717) is 0 Å². The van der Waals surface area contributed by atoms with E-state index >= 15 is 0 Å². The van der Waals surface area contributed by atoms with Crippen molar-refractivity contribution >= 4 is 20.4 Å². The summed E-state index contributed by atoms with van der Waals surface area (Å²) in [5.41, 5.74) is 3.36. The topological polar surface area (TPSA) is 47.4 Å². The van der Waals surface area contributed by atoms with E-state index in [-0.39, 0.29) is 0 Å². The zero-order valence-electron chi connectivity index (χ0n) is 12.3. The highest BCUT2D eigenvalue weighted by Gasteiger charge is 2.06. The normalized spacial score (nSPS) is 11.8. The SMILES string of the molecule is CC(=Nc1ccccc1O[SiH](C)C)c1cnc(C)cn1. The number of nitrogens with zero attached hydrogens (tertiary/aromatic N) is 3. The van der Waals surface area contributed by atoms with Crippen LogP contribution >= 0.6 is 0 Å². The zero-order chi connectivity index (χ0) is 14.5. The summed E-state index contributed by atoms with van der Waals surface area (Å²) < 4.78 is 5.90. The largest absolute Gasteiger partial charge is 0.546 e. The average molecular weight is 285 g/mol. The molecule has 0 bridgehead atoms. The highest BCUT2D eigenvalue weighted by atomic mass is 28.3. The average Bonchev–Trinajstić information content (AvgIpc) is 2.41. The van der Waals surface area contributed by atoms with Crippen LogP contribution in [0.3, 0.4) is 0 Å². The number of rotatable bonds is 4. The van der Waals surface area contributed by atoms with Gasteiger partial charge in [-0.15, -0.1) is 0 Å². The monoisotopic (exact) mass is 285 g/mol. The van der Waals surface area contributed by atoms with Crippen LogP contribution in [0.25, 0.3) is 0 Å². The molecule has 2 rings (SSSR count). The van der Waals surface area contributed by atoms with Crippen LogP contribution in [0.4, 0.5) is 5.69 Å². The lowest BCUT2D eigenvalue weighted by atomic mass is 10.2. The first-order valence-corrected chi connectivity index (χ1v) is 9.44. The number of benzene rings is 1. The molecule has 0 spiro atoms. The van der Waals surface area contributed by atoms with E-state index in [0.717, 1.165) is 28.5 Å².